The first kappa shape index (κ1) is 23.9. The van der Waals surface area contributed by atoms with E-state index in [4.69, 9.17) is 5.73 Å². The summed E-state index contributed by atoms with van der Waals surface area (Å²) in [6, 6.07) is 14.9. The molecule has 1 saturated carbocycles. The van der Waals surface area contributed by atoms with E-state index in [0.717, 1.165) is 18.4 Å². The summed E-state index contributed by atoms with van der Waals surface area (Å²) in [7, 11) is 0. The van der Waals surface area contributed by atoms with Gasteiger partial charge in [-0.2, -0.15) is 20.0 Å². The molecule has 0 atom stereocenters. The van der Waals surface area contributed by atoms with Gasteiger partial charge in [0, 0.05) is 36.7 Å². The zero-order valence-electron chi connectivity index (χ0n) is 19.0. The van der Waals surface area contributed by atoms with E-state index in [1.54, 1.807) is 23.0 Å². The standard InChI is InChI=1S/C25H25FN8O/c26-22-13-20(7-12-30-22)32-24-21(23(29)35)16-34(33-24)25(10-11-27)8-5-19(6-9-25)31-15-18-4-2-1-3-17(18)14-28/h1-4,7,12-13,16,19,31H,5-6,8-10,15H2,(H2,29,35)(H,30,32,33). The third-order valence-corrected chi connectivity index (χ3v) is 6.50. The van der Waals surface area contributed by atoms with Crippen molar-refractivity contribution in [1.82, 2.24) is 20.1 Å². The van der Waals surface area contributed by atoms with Crippen molar-refractivity contribution in [3.63, 3.8) is 0 Å². The van der Waals surface area contributed by atoms with Gasteiger partial charge in [-0.05, 0) is 43.4 Å². The van der Waals surface area contributed by atoms with Gasteiger partial charge in [0.1, 0.15) is 5.56 Å². The lowest BCUT2D eigenvalue weighted by Crippen LogP contribution is -2.43. The van der Waals surface area contributed by atoms with Gasteiger partial charge in [-0.1, -0.05) is 18.2 Å². The number of rotatable bonds is 8. The van der Waals surface area contributed by atoms with Gasteiger partial charge in [-0.15, -0.1) is 0 Å². The lowest BCUT2D eigenvalue weighted by Gasteiger charge is -2.39. The van der Waals surface area contributed by atoms with Crippen LogP contribution in [0.2, 0.25) is 0 Å². The highest BCUT2D eigenvalue weighted by Crippen LogP contribution is 2.39. The molecule has 9 nitrogen and oxygen atoms in total. The van der Waals surface area contributed by atoms with Crippen molar-refractivity contribution in [1.29, 1.82) is 10.5 Å². The van der Waals surface area contributed by atoms with Crippen molar-refractivity contribution >= 4 is 17.4 Å². The molecule has 10 heteroatoms. The van der Waals surface area contributed by atoms with Gasteiger partial charge >= 0.3 is 0 Å². The van der Waals surface area contributed by atoms with E-state index in [1.807, 2.05) is 18.2 Å². The molecule has 1 aromatic carbocycles. The van der Waals surface area contributed by atoms with Crippen LogP contribution in [-0.4, -0.2) is 26.7 Å². The van der Waals surface area contributed by atoms with Crippen LogP contribution < -0.4 is 16.4 Å². The van der Waals surface area contributed by atoms with Gasteiger partial charge in [-0.3, -0.25) is 9.48 Å². The lowest BCUT2D eigenvalue weighted by atomic mass is 9.77. The number of hydrogen-bond donors (Lipinski definition) is 3. The molecule has 178 valence electrons. The minimum atomic E-state index is -0.674. The number of carbonyl (C=O) groups is 1. The number of nitrogens with zero attached hydrogens (tertiary/aromatic N) is 5. The molecule has 0 bridgehead atoms. The van der Waals surface area contributed by atoms with E-state index in [2.05, 4.69) is 32.9 Å². The quantitative estimate of drug-likeness (QED) is 0.426. The van der Waals surface area contributed by atoms with Crippen LogP contribution in [0.3, 0.4) is 0 Å². The summed E-state index contributed by atoms with van der Waals surface area (Å²) in [4.78, 5) is 15.6. The molecule has 0 aliphatic heterocycles. The van der Waals surface area contributed by atoms with Gasteiger partial charge in [0.25, 0.3) is 5.91 Å². The molecule has 0 spiro atoms. The molecule has 0 saturated heterocycles. The number of primary amides is 1. The Morgan fingerprint density at radius 2 is 2.03 bits per heavy atom. The van der Waals surface area contributed by atoms with E-state index >= 15 is 0 Å². The second-order valence-electron chi connectivity index (χ2n) is 8.68. The largest absolute Gasteiger partial charge is 0.365 e. The van der Waals surface area contributed by atoms with Crippen molar-refractivity contribution in [3.05, 3.63) is 71.4 Å². The number of nitrogens with one attached hydrogen (secondary N) is 2. The Balaban J connectivity index is 1.51. The fraction of sp³-hybridized carbons (Fsp3) is 0.320. The average molecular weight is 473 g/mol. The molecular formula is C25H25FN8O. The Morgan fingerprint density at radius 1 is 1.26 bits per heavy atom. The monoisotopic (exact) mass is 472 g/mol. The molecule has 1 aliphatic carbocycles. The van der Waals surface area contributed by atoms with Crippen molar-refractivity contribution in [2.24, 2.45) is 5.73 Å². The van der Waals surface area contributed by atoms with Gasteiger partial charge in [-0.25, -0.2) is 4.98 Å². The van der Waals surface area contributed by atoms with Gasteiger partial charge in [0.15, 0.2) is 5.82 Å². The van der Waals surface area contributed by atoms with Gasteiger partial charge in [0.2, 0.25) is 5.95 Å². The Bertz CT molecular complexity index is 1300. The number of nitrogens with two attached hydrogens (primary N) is 1. The molecule has 1 aliphatic rings. The normalized spacial score (nSPS) is 19.5. The maximum atomic E-state index is 13.5. The number of anilines is 2. The van der Waals surface area contributed by atoms with Crippen LogP contribution in [0.15, 0.2) is 48.8 Å². The highest BCUT2D eigenvalue weighted by Gasteiger charge is 2.38. The molecule has 2 aromatic heterocycles. The van der Waals surface area contributed by atoms with Crippen molar-refractivity contribution in [2.75, 3.05) is 5.32 Å². The minimum absolute atomic E-state index is 0.160. The Morgan fingerprint density at radius 3 is 2.71 bits per heavy atom. The van der Waals surface area contributed by atoms with Crippen molar-refractivity contribution in [3.8, 4) is 12.1 Å². The number of amides is 1. The van der Waals surface area contributed by atoms with E-state index in [9.17, 15) is 19.7 Å². The van der Waals surface area contributed by atoms with Crippen molar-refractivity contribution < 1.29 is 9.18 Å². The van der Waals surface area contributed by atoms with Crippen LogP contribution in [0.25, 0.3) is 0 Å². The third kappa shape index (κ3) is 5.29. The van der Waals surface area contributed by atoms with E-state index in [-0.39, 0.29) is 23.8 Å². The zero-order valence-corrected chi connectivity index (χ0v) is 19.0. The van der Waals surface area contributed by atoms with Crippen molar-refractivity contribution in [2.45, 2.75) is 50.2 Å². The van der Waals surface area contributed by atoms with E-state index in [0.29, 0.717) is 30.6 Å². The number of benzene rings is 1. The highest BCUT2D eigenvalue weighted by molar-refractivity contribution is 5.98. The molecule has 0 unspecified atom stereocenters. The first-order valence-corrected chi connectivity index (χ1v) is 11.3. The summed E-state index contributed by atoms with van der Waals surface area (Å²) in [5.41, 5.74) is 7.13. The number of hydrogen-bond acceptors (Lipinski definition) is 7. The maximum absolute atomic E-state index is 13.5. The predicted molar refractivity (Wildman–Crippen MR) is 127 cm³/mol. The number of pyridine rings is 1. The zero-order chi connectivity index (χ0) is 24.8. The number of nitriles is 2. The first-order chi connectivity index (χ1) is 16.9. The molecule has 1 amide bonds. The molecule has 1 fully saturated rings. The molecule has 4 N–H and O–H groups in total. The van der Waals surface area contributed by atoms with Crippen LogP contribution >= 0.6 is 0 Å². The predicted octanol–water partition coefficient (Wildman–Crippen LogP) is 3.47. The fourth-order valence-electron chi connectivity index (χ4n) is 4.54. The highest BCUT2D eigenvalue weighted by atomic mass is 19.1. The average Bonchev–Trinajstić information content (AvgIpc) is 3.29. The minimum Gasteiger partial charge on any atom is -0.365 e. The first-order valence-electron chi connectivity index (χ1n) is 11.3. The number of aromatic nitrogens is 3. The van der Waals surface area contributed by atoms with Crippen LogP contribution in [-0.2, 0) is 12.1 Å². The fourth-order valence-corrected chi connectivity index (χ4v) is 4.54. The Kier molecular flexibility index (Phi) is 7.04. The summed E-state index contributed by atoms with van der Waals surface area (Å²) in [5.74, 6) is -1.14. The maximum Gasteiger partial charge on any atom is 0.254 e. The Hall–Kier alpha value is -4.28. The summed E-state index contributed by atoms with van der Waals surface area (Å²) >= 11 is 0. The molecule has 2 heterocycles. The smallest absolute Gasteiger partial charge is 0.254 e. The summed E-state index contributed by atoms with van der Waals surface area (Å²) in [5, 5.41) is 29.9. The molecule has 35 heavy (non-hydrogen) atoms. The second-order valence-corrected chi connectivity index (χ2v) is 8.68. The van der Waals surface area contributed by atoms with Gasteiger partial charge < -0.3 is 16.4 Å². The SMILES string of the molecule is N#CCC1(n2cc(C(N)=O)c(Nc3ccnc(F)c3)n2)CCC(NCc2ccccc2C#N)CC1. The van der Waals surface area contributed by atoms with Crippen LogP contribution in [0, 0.1) is 28.6 Å². The number of halogens is 1. The van der Waals surface area contributed by atoms with Crippen LogP contribution in [0.4, 0.5) is 15.9 Å². The van der Waals surface area contributed by atoms with E-state index in [1.165, 1.54) is 12.3 Å². The summed E-state index contributed by atoms with van der Waals surface area (Å²) < 4.78 is 15.2. The topological polar surface area (TPSA) is 145 Å². The molecule has 0 radical (unpaired) electrons. The van der Waals surface area contributed by atoms with Crippen LogP contribution in [0.5, 0.6) is 0 Å². The summed E-state index contributed by atoms with van der Waals surface area (Å²) in [6.07, 6.45) is 6.01. The second kappa shape index (κ2) is 10.3. The Labute approximate surface area is 202 Å². The number of carbonyl (C=O) groups excluding carboxylic acids is 1. The molecule has 3 aromatic rings. The molecular weight excluding hydrogens is 447 g/mol. The van der Waals surface area contributed by atoms with E-state index < -0.39 is 17.4 Å². The van der Waals surface area contributed by atoms with Crippen LogP contribution in [0.1, 0.15) is 53.6 Å². The lowest BCUT2D eigenvalue weighted by molar-refractivity contribution is 0.1000. The third-order valence-electron chi connectivity index (χ3n) is 6.50. The summed E-state index contributed by atoms with van der Waals surface area (Å²) in [6.45, 7) is 0.587. The van der Waals surface area contributed by atoms with Gasteiger partial charge in [0.05, 0.1) is 29.7 Å². The molecule has 4 rings (SSSR count).